The fourth-order valence-electron chi connectivity index (χ4n) is 1.51. The molecule has 4 nitrogen and oxygen atoms in total. The van der Waals surface area contributed by atoms with E-state index in [9.17, 15) is 0 Å². The highest BCUT2D eigenvalue weighted by molar-refractivity contribution is 9.10. The molecular formula is C13H22BrN3OS. The van der Waals surface area contributed by atoms with Crippen molar-refractivity contribution in [2.75, 3.05) is 24.7 Å². The van der Waals surface area contributed by atoms with E-state index in [1.54, 1.807) is 7.11 Å². The van der Waals surface area contributed by atoms with Crippen LogP contribution in [0, 0.1) is 5.92 Å². The van der Waals surface area contributed by atoms with Crippen molar-refractivity contribution in [1.29, 1.82) is 0 Å². The summed E-state index contributed by atoms with van der Waals surface area (Å²) in [5.41, 5.74) is 0.897. The van der Waals surface area contributed by atoms with Gasteiger partial charge in [-0.25, -0.2) is 9.97 Å². The maximum absolute atomic E-state index is 5.18. The number of nitrogens with one attached hydrogen (secondary N) is 1. The Bertz CT molecular complexity index is 374. The normalized spacial score (nSPS) is 11.1. The lowest BCUT2D eigenvalue weighted by Gasteiger charge is -2.12. The molecule has 108 valence electrons. The highest BCUT2D eigenvalue weighted by Gasteiger charge is 2.12. The summed E-state index contributed by atoms with van der Waals surface area (Å²) in [6.07, 6.45) is 0. The third-order valence-corrected chi connectivity index (χ3v) is 4.47. The molecule has 1 heterocycles. The van der Waals surface area contributed by atoms with Crippen molar-refractivity contribution < 1.29 is 4.74 Å². The lowest BCUT2D eigenvalue weighted by Crippen LogP contribution is -2.08. The van der Waals surface area contributed by atoms with Gasteiger partial charge in [0.05, 0.1) is 22.5 Å². The number of thioether (sulfide) groups is 1. The molecule has 0 radical (unpaired) electrons. The summed E-state index contributed by atoms with van der Waals surface area (Å²) in [6, 6.07) is 0. The highest BCUT2D eigenvalue weighted by Crippen LogP contribution is 2.25. The van der Waals surface area contributed by atoms with E-state index in [1.807, 2.05) is 11.8 Å². The minimum atomic E-state index is 0.489. The molecule has 0 amide bonds. The van der Waals surface area contributed by atoms with Gasteiger partial charge in [0.15, 0.2) is 0 Å². The summed E-state index contributed by atoms with van der Waals surface area (Å²) in [7, 11) is 1.68. The molecule has 1 rings (SSSR count). The van der Waals surface area contributed by atoms with Crippen LogP contribution in [0.1, 0.15) is 32.3 Å². The monoisotopic (exact) mass is 347 g/mol. The van der Waals surface area contributed by atoms with Crippen molar-refractivity contribution in [1.82, 2.24) is 9.97 Å². The van der Waals surface area contributed by atoms with E-state index in [2.05, 4.69) is 52.0 Å². The molecule has 0 aromatic carbocycles. The molecule has 0 atom stereocenters. The zero-order valence-electron chi connectivity index (χ0n) is 12.0. The second-order valence-electron chi connectivity index (χ2n) is 4.62. The van der Waals surface area contributed by atoms with Crippen molar-refractivity contribution in [3.8, 4) is 0 Å². The minimum absolute atomic E-state index is 0.489. The number of rotatable bonds is 8. The quantitative estimate of drug-likeness (QED) is 0.776. The number of halogens is 1. The lowest BCUT2D eigenvalue weighted by atomic mass is 10.3. The zero-order valence-corrected chi connectivity index (χ0v) is 14.4. The van der Waals surface area contributed by atoms with Crippen LogP contribution < -0.4 is 5.32 Å². The first-order valence-electron chi connectivity index (χ1n) is 6.44. The second-order valence-corrected chi connectivity index (χ2v) is 6.44. The van der Waals surface area contributed by atoms with E-state index in [-0.39, 0.29) is 0 Å². The SMILES string of the molecule is CCNc1nc(CSCC(C)C)nc(COC)c1Br. The minimum Gasteiger partial charge on any atom is -0.378 e. The van der Waals surface area contributed by atoms with E-state index < -0.39 is 0 Å². The van der Waals surface area contributed by atoms with E-state index in [4.69, 9.17) is 4.74 Å². The van der Waals surface area contributed by atoms with Crippen molar-refractivity contribution >= 4 is 33.5 Å². The van der Waals surface area contributed by atoms with Gasteiger partial charge in [-0.2, -0.15) is 11.8 Å². The van der Waals surface area contributed by atoms with Gasteiger partial charge >= 0.3 is 0 Å². The third kappa shape index (κ3) is 5.67. The number of nitrogens with zero attached hydrogens (tertiary/aromatic N) is 2. The largest absolute Gasteiger partial charge is 0.378 e. The van der Waals surface area contributed by atoms with Gasteiger partial charge in [0.25, 0.3) is 0 Å². The van der Waals surface area contributed by atoms with Gasteiger partial charge in [-0.3, -0.25) is 0 Å². The zero-order chi connectivity index (χ0) is 14.3. The van der Waals surface area contributed by atoms with Crippen LogP contribution in [0.25, 0.3) is 0 Å². The fourth-order valence-corrected chi connectivity index (χ4v) is 2.84. The van der Waals surface area contributed by atoms with E-state index in [0.717, 1.165) is 39.9 Å². The second kappa shape index (κ2) is 8.76. The molecule has 1 aromatic heterocycles. The van der Waals surface area contributed by atoms with Crippen molar-refractivity contribution in [3.63, 3.8) is 0 Å². The van der Waals surface area contributed by atoms with Gasteiger partial charge in [-0.15, -0.1) is 0 Å². The molecule has 0 aliphatic carbocycles. The summed E-state index contributed by atoms with van der Waals surface area (Å²) >= 11 is 5.40. The first-order valence-corrected chi connectivity index (χ1v) is 8.39. The Hall–Kier alpha value is -0.330. The van der Waals surface area contributed by atoms with E-state index >= 15 is 0 Å². The van der Waals surface area contributed by atoms with Gasteiger partial charge < -0.3 is 10.1 Å². The van der Waals surface area contributed by atoms with Gasteiger partial charge in [0.2, 0.25) is 0 Å². The molecule has 0 spiro atoms. The fraction of sp³-hybridized carbons (Fsp3) is 0.692. The Balaban J connectivity index is 2.84. The van der Waals surface area contributed by atoms with Crippen LogP contribution in [0.4, 0.5) is 5.82 Å². The van der Waals surface area contributed by atoms with Crippen molar-refractivity contribution in [2.24, 2.45) is 5.92 Å². The first-order chi connectivity index (χ1) is 9.08. The number of hydrogen-bond acceptors (Lipinski definition) is 5. The van der Waals surface area contributed by atoms with Crippen molar-refractivity contribution in [2.45, 2.75) is 33.1 Å². The smallest absolute Gasteiger partial charge is 0.144 e. The Labute approximate surface area is 128 Å². The lowest BCUT2D eigenvalue weighted by molar-refractivity contribution is 0.180. The molecule has 19 heavy (non-hydrogen) atoms. The maximum atomic E-state index is 5.18. The predicted molar refractivity (Wildman–Crippen MR) is 85.6 cm³/mol. The average Bonchev–Trinajstić information content (AvgIpc) is 2.35. The molecule has 0 fully saturated rings. The van der Waals surface area contributed by atoms with Crippen LogP contribution in [0.5, 0.6) is 0 Å². The first kappa shape index (κ1) is 16.7. The van der Waals surface area contributed by atoms with E-state index in [1.165, 1.54) is 0 Å². The van der Waals surface area contributed by atoms with Crippen LogP contribution in [0.15, 0.2) is 4.47 Å². The molecule has 1 aromatic rings. The molecule has 0 saturated carbocycles. The number of methoxy groups -OCH3 is 1. The van der Waals surface area contributed by atoms with Crippen LogP contribution >= 0.6 is 27.7 Å². The molecule has 0 unspecified atom stereocenters. The van der Waals surface area contributed by atoms with Crippen LogP contribution in [0.2, 0.25) is 0 Å². The maximum Gasteiger partial charge on any atom is 0.144 e. The molecule has 0 saturated heterocycles. The van der Waals surface area contributed by atoms with Gasteiger partial charge in [-0.05, 0) is 34.5 Å². The number of ether oxygens (including phenoxy) is 1. The number of aromatic nitrogens is 2. The number of anilines is 1. The Morgan fingerprint density at radius 3 is 2.68 bits per heavy atom. The molecule has 6 heteroatoms. The third-order valence-electron chi connectivity index (χ3n) is 2.27. The summed E-state index contributed by atoms with van der Waals surface area (Å²) in [5, 5.41) is 3.25. The molecule has 0 aliphatic rings. The van der Waals surface area contributed by atoms with Crippen LogP contribution in [-0.2, 0) is 17.1 Å². The van der Waals surface area contributed by atoms with Crippen LogP contribution in [0.3, 0.4) is 0 Å². The van der Waals surface area contributed by atoms with Gasteiger partial charge in [-0.1, -0.05) is 13.8 Å². The summed E-state index contributed by atoms with van der Waals surface area (Å²) in [5.74, 6) is 4.35. The molecule has 0 aliphatic heterocycles. The average molecular weight is 348 g/mol. The van der Waals surface area contributed by atoms with E-state index in [0.29, 0.717) is 12.5 Å². The molecular weight excluding hydrogens is 326 g/mol. The van der Waals surface area contributed by atoms with Crippen molar-refractivity contribution in [3.05, 3.63) is 16.0 Å². The molecule has 1 N–H and O–H groups in total. The Morgan fingerprint density at radius 1 is 1.37 bits per heavy atom. The number of hydrogen-bond donors (Lipinski definition) is 1. The van der Waals surface area contributed by atoms with Crippen LogP contribution in [-0.4, -0.2) is 29.4 Å². The topological polar surface area (TPSA) is 47.0 Å². The predicted octanol–water partition coefficient (Wildman–Crippen LogP) is 3.71. The van der Waals surface area contributed by atoms with Gasteiger partial charge in [0, 0.05) is 13.7 Å². The van der Waals surface area contributed by atoms with Gasteiger partial charge in [0.1, 0.15) is 11.6 Å². The standard InChI is InChI=1S/C13H22BrN3OS/c1-5-15-13-12(14)10(6-18-4)16-11(17-13)8-19-7-9(2)3/h9H,5-8H2,1-4H3,(H,15,16,17). The highest BCUT2D eigenvalue weighted by atomic mass is 79.9. The summed E-state index contributed by atoms with van der Waals surface area (Å²) < 4.78 is 6.08. The molecule has 0 bridgehead atoms. The summed E-state index contributed by atoms with van der Waals surface area (Å²) in [6.45, 7) is 7.81. The Morgan fingerprint density at radius 2 is 2.11 bits per heavy atom. The Kier molecular flexibility index (Phi) is 7.71. The summed E-state index contributed by atoms with van der Waals surface area (Å²) in [4.78, 5) is 9.11.